The van der Waals surface area contributed by atoms with E-state index in [0.717, 1.165) is 22.4 Å². The Balaban J connectivity index is 2.25. The summed E-state index contributed by atoms with van der Waals surface area (Å²) < 4.78 is 5.61. The molecule has 0 aliphatic carbocycles. The molecular formula is C12H9ClN2O. The molecule has 3 rings (SSSR count). The van der Waals surface area contributed by atoms with Crippen molar-refractivity contribution in [2.24, 2.45) is 0 Å². The second-order valence-corrected chi connectivity index (χ2v) is 4.13. The van der Waals surface area contributed by atoms with E-state index in [1.807, 2.05) is 24.3 Å². The Labute approximate surface area is 97.8 Å². The lowest BCUT2D eigenvalue weighted by Crippen LogP contribution is -2.06. The molecule has 4 heteroatoms. The van der Waals surface area contributed by atoms with E-state index in [0.29, 0.717) is 17.4 Å². The maximum atomic E-state index is 5.92. The minimum Gasteiger partial charge on any atom is -0.488 e. The fourth-order valence-corrected chi connectivity index (χ4v) is 2.02. The van der Waals surface area contributed by atoms with Crippen molar-refractivity contribution < 1.29 is 4.74 Å². The summed E-state index contributed by atoms with van der Waals surface area (Å²) in [6.45, 7) is 0.510. The first-order valence-electron chi connectivity index (χ1n) is 4.91. The van der Waals surface area contributed by atoms with Gasteiger partial charge in [-0.15, -0.1) is 0 Å². The summed E-state index contributed by atoms with van der Waals surface area (Å²) in [4.78, 5) is 4.05. The second kappa shape index (κ2) is 3.39. The number of hydrogen-bond donors (Lipinski definition) is 1. The van der Waals surface area contributed by atoms with E-state index in [1.165, 1.54) is 0 Å². The number of anilines is 1. The first-order chi connectivity index (χ1) is 7.74. The lowest BCUT2D eigenvalue weighted by molar-refractivity contribution is 0.302. The zero-order chi connectivity index (χ0) is 11.1. The van der Waals surface area contributed by atoms with E-state index in [-0.39, 0.29) is 0 Å². The molecular weight excluding hydrogens is 224 g/mol. The van der Waals surface area contributed by atoms with Crippen molar-refractivity contribution in [1.82, 2.24) is 4.98 Å². The molecule has 2 heterocycles. The molecule has 0 saturated heterocycles. The van der Waals surface area contributed by atoms with Crippen LogP contribution < -0.4 is 10.5 Å². The highest BCUT2D eigenvalue weighted by Gasteiger charge is 2.17. The van der Waals surface area contributed by atoms with Gasteiger partial charge in [0.05, 0.1) is 0 Å². The molecule has 0 amide bonds. The quantitative estimate of drug-likeness (QED) is 0.760. The van der Waals surface area contributed by atoms with Gasteiger partial charge < -0.3 is 10.5 Å². The Bertz CT molecular complexity index is 569. The van der Waals surface area contributed by atoms with Crippen molar-refractivity contribution in [3.05, 3.63) is 41.0 Å². The van der Waals surface area contributed by atoms with Gasteiger partial charge in [-0.05, 0) is 29.8 Å². The molecule has 3 nitrogen and oxygen atoms in total. The normalized spacial score (nSPS) is 12.6. The number of aromatic nitrogens is 1. The highest BCUT2D eigenvalue weighted by Crippen LogP contribution is 2.39. The molecule has 0 atom stereocenters. The number of nitrogens with two attached hydrogens (primary N) is 1. The van der Waals surface area contributed by atoms with Crippen molar-refractivity contribution in [2.75, 3.05) is 5.73 Å². The maximum Gasteiger partial charge on any atom is 0.129 e. The molecule has 1 aromatic carbocycles. The van der Waals surface area contributed by atoms with Gasteiger partial charge in [-0.1, -0.05) is 11.6 Å². The maximum absolute atomic E-state index is 5.92. The van der Waals surface area contributed by atoms with E-state index >= 15 is 0 Å². The number of fused-ring (bicyclic) bond motifs is 3. The van der Waals surface area contributed by atoms with E-state index in [1.54, 1.807) is 6.20 Å². The summed E-state index contributed by atoms with van der Waals surface area (Å²) >= 11 is 5.92. The molecule has 0 radical (unpaired) electrons. The summed E-state index contributed by atoms with van der Waals surface area (Å²) in [5.74, 6) is 1.31. The number of pyridine rings is 1. The van der Waals surface area contributed by atoms with Crippen LogP contribution in [0.25, 0.3) is 11.1 Å². The van der Waals surface area contributed by atoms with Crippen molar-refractivity contribution >= 4 is 17.4 Å². The first kappa shape index (κ1) is 9.48. The SMILES string of the molecule is Nc1cc2c(cn1)COc1cc(Cl)ccc1-2. The first-order valence-corrected chi connectivity index (χ1v) is 5.29. The van der Waals surface area contributed by atoms with Crippen LogP contribution in [-0.2, 0) is 6.61 Å². The van der Waals surface area contributed by atoms with E-state index < -0.39 is 0 Å². The number of ether oxygens (including phenoxy) is 1. The van der Waals surface area contributed by atoms with Gasteiger partial charge >= 0.3 is 0 Å². The zero-order valence-corrected chi connectivity index (χ0v) is 9.16. The molecule has 0 unspecified atom stereocenters. The Morgan fingerprint density at radius 1 is 1.25 bits per heavy atom. The summed E-state index contributed by atoms with van der Waals surface area (Å²) in [6.07, 6.45) is 1.75. The Morgan fingerprint density at radius 3 is 3.00 bits per heavy atom. The predicted molar refractivity (Wildman–Crippen MR) is 63.4 cm³/mol. The Hall–Kier alpha value is -1.74. The molecule has 16 heavy (non-hydrogen) atoms. The van der Waals surface area contributed by atoms with Crippen LogP contribution in [0.3, 0.4) is 0 Å². The van der Waals surface area contributed by atoms with Crippen LogP contribution in [0.1, 0.15) is 5.56 Å². The Morgan fingerprint density at radius 2 is 2.12 bits per heavy atom. The fourth-order valence-electron chi connectivity index (χ4n) is 1.86. The van der Waals surface area contributed by atoms with Crippen LogP contribution in [0.5, 0.6) is 5.75 Å². The molecule has 1 aliphatic rings. The average Bonchev–Trinajstić information content (AvgIpc) is 2.28. The summed E-state index contributed by atoms with van der Waals surface area (Å²) in [5.41, 5.74) is 8.82. The summed E-state index contributed by atoms with van der Waals surface area (Å²) in [7, 11) is 0. The third kappa shape index (κ3) is 1.41. The molecule has 0 bridgehead atoms. The van der Waals surface area contributed by atoms with Crippen molar-refractivity contribution in [2.45, 2.75) is 6.61 Å². The van der Waals surface area contributed by atoms with E-state index in [9.17, 15) is 0 Å². The number of hydrogen-bond acceptors (Lipinski definition) is 3. The van der Waals surface area contributed by atoms with Gasteiger partial charge in [-0.25, -0.2) is 4.98 Å². The second-order valence-electron chi connectivity index (χ2n) is 3.70. The van der Waals surface area contributed by atoms with E-state index in [4.69, 9.17) is 22.1 Å². The van der Waals surface area contributed by atoms with Gasteiger partial charge in [0.1, 0.15) is 18.2 Å². The van der Waals surface area contributed by atoms with Gasteiger partial charge in [0, 0.05) is 22.3 Å². The van der Waals surface area contributed by atoms with Crippen LogP contribution in [0.4, 0.5) is 5.82 Å². The van der Waals surface area contributed by atoms with Crippen molar-refractivity contribution in [3.63, 3.8) is 0 Å². The smallest absolute Gasteiger partial charge is 0.129 e. The topological polar surface area (TPSA) is 48.1 Å². The Kier molecular flexibility index (Phi) is 2.01. The van der Waals surface area contributed by atoms with Gasteiger partial charge in [0.15, 0.2) is 0 Å². The average molecular weight is 233 g/mol. The van der Waals surface area contributed by atoms with Crippen LogP contribution in [-0.4, -0.2) is 4.98 Å². The van der Waals surface area contributed by atoms with Crippen LogP contribution >= 0.6 is 11.6 Å². The fraction of sp³-hybridized carbons (Fsp3) is 0.0833. The van der Waals surface area contributed by atoms with Gasteiger partial charge in [-0.2, -0.15) is 0 Å². The van der Waals surface area contributed by atoms with Gasteiger partial charge in [0.25, 0.3) is 0 Å². The lowest BCUT2D eigenvalue weighted by Gasteiger charge is -2.20. The third-order valence-corrected chi connectivity index (χ3v) is 2.86. The van der Waals surface area contributed by atoms with Gasteiger partial charge in [-0.3, -0.25) is 0 Å². The highest BCUT2D eigenvalue weighted by atomic mass is 35.5. The largest absolute Gasteiger partial charge is 0.488 e. The molecule has 2 N–H and O–H groups in total. The summed E-state index contributed by atoms with van der Waals surface area (Å²) in [6, 6.07) is 7.46. The van der Waals surface area contributed by atoms with E-state index in [2.05, 4.69) is 4.98 Å². The lowest BCUT2D eigenvalue weighted by atomic mass is 9.99. The standard InChI is InChI=1S/C12H9ClN2O/c13-8-1-2-9-10-4-12(14)15-5-7(10)6-16-11(9)3-8/h1-5H,6H2,(H2,14,15). The number of nitrogen functional groups attached to an aromatic ring is 1. The van der Waals surface area contributed by atoms with Crippen LogP contribution in [0.15, 0.2) is 30.5 Å². The number of nitrogens with zero attached hydrogens (tertiary/aromatic N) is 1. The van der Waals surface area contributed by atoms with Crippen molar-refractivity contribution in [1.29, 1.82) is 0 Å². The predicted octanol–water partition coefficient (Wildman–Crippen LogP) is 2.88. The number of rotatable bonds is 0. The monoisotopic (exact) mass is 232 g/mol. The molecule has 1 aliphatic heterocycles. The minimum absolute atomic E-state index is 0.510. The van der Waals surface area contributed by atoms with Crippen LogP contribution in [0.2, 0.25) is 5.02 Å². The zero-order valence-electron chi connectivity index (χ0n) is 8.40. The molecule has 80 valence electrons. The number of halogens is 1. The molecule has 0 saturated carbocycles. The minimum atomic E-state index is 0.510. The molecule has 0 spiro atoms. The highest BCUT2D eigenvalue weighted by molar-refractivity contribution is 6.30. The molecule has 1 aromatic heterocycles. The molecule has 0 fully saturated rings. The van der Waals surface area contributed by atoms with Crippen LogP contribution in [0, 0.1) is 0 Å². The van der Waals surface area contributed by atoms with Gasteiger partial charge in [0.2, 0.25) is 0 Å². The van der Waals surface area contributed by atoms with Crippen molar-refractivity contribution in [3.8, 4) is 16.9 Å². The molecule has 2 aromatic rings. The summed E-state index contributed by atoms with van der Waals surface area (Å²) in [5, 5.41) is 0.671. The third-order valence-electron chi connectivity index (χ3n) is 2.62. The number of benzene rings is 1.